The van der Waals surface area contributed by atoms with E-state index in [1.165, 1.54) is 11.1 Å². The molecule has 2 nitrogen and oxygen atoms in total. The molecule has 0 amide bonds. The lowest BCUT2D eigenvalue weighted by atomic mass is 9.93. The van der Waals surface area contributed by atoms with Crippen LogP contribution in [0.15, 0.2) is 41.4 Å². The smallest absolute Gasteiger partial charge is 0.134 e. The molecule has 0 aliphatic rings. The van der Waals surface area contributed by atoms with Crippen molar-refractivity contribution in [1.29, 1.82) is 0 Å². The zero-order chi connectivity index (χ0) is 16.3. The summed E-state index contributed by atoms with van der Waals surface area (Å²) in [6.45, 7) is 8.67. The Kier molecular flexibility index (Phi) is 5.25. The zero-order valence-electron chi connectivity index (χ0n) is 13.5. The number of hydrogen-bond donors (Lipinski definition) is 1. The normalized spacial score (nSPS) is 11.8. The lowest BCUT2D eigenvalue weighted by Crippen LogP contribution is -1.96. The van der Waals surface area contributed by atoms with Crippen molar-refractivity contribution in [2.24, 2.45) is 4.99 Å². The van der Waals surface area contributed by atoms with Crippen LogP contribution in [-0.4, -0.2) is 11.3 Å². The molecule has 0 fully saturated rings. The summed E-state index contributed by atoms with van der Waals surface area (Å²) < 4.78 is 0. The van der Waals surface area contributed by atoms with Crippen molar-refractivity contribution in [2.75, 3.05) is 0 Å². The van der Waals surface area contributed by atoms with Crippen molar-refractivity contribution < 1.29 is 5.11 Å². The predicted octanol–water partition coefficient (Wildman–Crippen LogP) is 6.04. The highest BCUT2D eigenvalue weighted by molar-refractivity contribution is 6.34. The second-order valence-electron chi connectivity index (χ2n) is 6.03. The maximum absolute atomic E-state index is 9.69. The van der Waals surface area contributed by atoms with E-state index in [0.29, 0.717) is 16.9 Å². The molecule has 0 atom stereocenters. The van der Waals surface area contributed by atoms with E-state index in [2.05, 4.69) is 45.9 Å². The average molecular weight is 316 g/mol. The van der Waals surface area contributed by atoms with Gasteiger partial charge in [-0.25, -0.2) is 0 Å². The Balaban J connectivity index is 2.52. The molecule has 0 aliphatic carbocycles. The van der Waals surface area contributed by atoms with Gasteiger partial charge in [0.15, 0.2) is 0 Å². The minimum Gasteiger partial charge on any atom is -0.506 e. The third kappa shape index (κ3) is 3.50. The fourth-order valence-electron chi connectivity index (χ4n) is 2.43. The molecule has 0 saturated carbocycles. The lowest BCUT2D eigenvalue weighted by Gasteiger charge is -2.16. The lowest BCUT2D eigenvalue weighted by molar-refractivity contribution is 0.475. The number of phenolic OH excluding ortho intramolecular Hbond substituents is 1. The molecule has 0 heterocycles. The van der Waals surface area contributed by atoms with Gasteiger partial charge in [-0.2, -0.15) is 0 Å². The fourth-order valence-corrected chi connectivity index (χ4v) is 2.61. The molecule has 116 valence electrons. The number of rotatable bonds is 4. The Morgan fingerprint density at radius 2 is 1.50 bits per heavy atom. The summed E-state index contributed by atoms with van der Waals surface area (Å²) in [7, 11) is 0. The highest BCUT2D eigenvalue weighted by Gasteiger charge is 2.13. The van der Waals surface area contributed by atoms with E-state index in [1.807, 2.05) is 6.07 Å². The maximum atomic E-state index is 9.69. The van der Waals surface area contributed by atoms with Crippen LogP contribution in [0.1, 0.15) is 56.2 Å². The second kappa shape index (κ2) is 6.97. The Bertz CT molecular complexity index is 664. The number of nitrogens with zero attached hydrogens (tertiary/aromatic N) is 1. The van der Waals surface area contributed by atoms with Gasteiger partial charge in [-0.1, -0.05) is 69.6 Å². The summed E-state index contributed by atoms with van der Waals surface area (Å²) in [6.07, 6.45) is 1.73. The van der Waals surface area contributed by atoms with Gasteiger partial charge in [0.1, 0.15) is 5.75 Å². The molecule has 0 unspecified atom stereocenters. The Morgan fingerprint density at radius 1 is 0.955 bits per heavy atom. The quantitative estimate of drug-likeness (QED) is 0.685. The molecule has 1 N–H and O–H groups in total. The molecule has 3 heteroatoms. The molecule has 2 aromatic carbocycles. The molecule has 0 spiro atoms. The van der Waals surface area contributed by atoms with Gasteiger partial charge < -0.3 is 5.11 Å². The van der Waals surface area contributed by atoms with Gasteiger partial charge in [0.25, 0.3) is 0 Å². The SMILES string of the molecule is CC(C)c1cccc(C(C)C)c1N=Cc1cccc(O)c1Cl. The Morgan fingerprint density at radius 3 is 2.05 bits per heavy atom. The largest absolute Gasteiger partial charge is 0.506 e. The van der Waals surface area contributed by atoms with Gasteiger partial charge in [-0.05, 0) is 29.0 Å². The minimum atomic E-state index is 0.0758. The number of phenols is 1. The molecule has 0 aliphatic heterocycles. The first kappa shape index (κ1) is 16.6. The molecule has 0 radical (unpaired) electrons. The third-order valence-corrected chi connectivity index (χ3v) is 4.10. The van der Waals surface area contributed by atoms with Crippen molar-refractivity contribution in [3.63, 3.8) is 0 Å². The number of para-hydroxylation sites is 1. The first-order chi connectivity index (χ1) is 10.4. The number of halogens is 1. The third-order valence-electron chi connectivity index (χ3n) is 3.68. The van der Waals surface area contributed by atoms with E-state index in [9.17, 15) is 5.11 Å². The van der Waals surface area contributed by atoms with Gasteiger partial charge in [0.2, 0.25) is 0 Å². The predicted molar refractivity (Wildman–Crippen MR) is 95.0 cm³/mol. The standard InChI is InChI=1S/C19H22ClNO/c1-12(2)15-8-6-9-16(13(3)4)19(15)21-11-14-7-5-10-17(22)18(14)20/h5-13,22H,1-4H3. The molecular formula is C19H22ClNO. The Labute approximate surface area is 137 Å². The van der Waals surface area contributed by atoms with Gasteiger partial charge in [-0.15, -0.1) is 0 Å². The zero-order valence-corrected chi connectivity index (χ0v) is 14.2. The summed E-state index contributed by atoms with van der Waals surface area (Å²) in [6, 6.07) is 11.5. The molecule has 2 rings (SSSR count). The van der Waals surface area contributed by atoms with Crippen LogP contribution < -0.4 is 0 Å². The second-order valence-corrected chi connectivity index (χ2v) is 6.41. The van der Waals surface area contributed by atoms with Crippen molar-refractivity contribution >= 4 is 23.5 Å². The van der Waals surface area contributed by atoms with Crippen LogP contribution in [0, 0.1) is 0 Å². The van der Waals surface area contributed by atoms with E-state index in [-0.39, 0.29) is 5.75 Å². The van der Waals surface area contributed by atoms with E-state index in [1.54, 1.807) is 18.3 Å². The van der Waals surface area contributed by atoms with Gasteiger partial charge in [0, 0.05) is 11.8 Å². The van der Waals surface area contributed by atoms with E-state index in [0.717, 1.165) is 11.3 Å². The number of hydrogen-bond acceptors (Lipinski definition) is 2. The Hall–Kier alpha value is -1.80. The highest BCUT2D eigenvalue weighted by Crippen LogP contribution is 2.35. The van der Waals surface area contributed by atoms with Crippen LogP contribution >= 0.6 is 11.6 Å². The number of aliphatic imine (C=N–C) groups is 1. The van der Waals surface area contributed by atoms with Gasteiger partial charge >= 0.3 is 0 Å². The fraction of sp³-hybridized carbons (Fsp3) is 0.316. The van der Waals surface area contributed by atoms with Crippen LogP contribution in [0.4, 0.5) is 5.69 Å². The van der Waals surface area contributed by atoms with Crippen LogP contribution in [-0.2, 0) is 0 Å². The van der Waals surface area contributed by atoms with Gasteiger partial charge in [-0.3, -0.25) is 4.99 Å². The summed E-state index contributed by atoms with van der Waals surface area (Å²) >= 11 is 6.12. The topological polar surface area (TPSA) is 32.6 Å². The minimum absolute atomic E-state index is 0.0758. The van der Waals surface area contributed by atoms with Crippen molar-refractivity contribution in [2.45, 2.75) is 39.5 Å². The van der Waals surface area contributed by atoms with E-state index < -0.39 is 0 Å². The van der Waals surface area contributed by atoms with E-state index in [4.69, 9.17) is 16.6 Å². The van der Waals surface area contributed by atoms with Crippen LogP contribution in [0.25, 0.3) is 0 Å². The van der Waals surface area contributed by atoms with E-state index >= 15 is 0 Å². The van der Waals surface area contributed by atoms with Crippen molar-refractivity contribution in [3.05, 3.63) is 58.1 Å². The molecule has 0 saturated heterocycles. The first-order valence-corrected chi connectivity index (χ1v) is 7.94. The monoisotopic (exact) mass is 315 g/mol. The average Bonchev–Trinajstić information content (AvgIpc) is 2.48. The molecule has 2 aromatic rings. The van der Waals surface area contributed by atoms with Crippen molar-refractivity contribution in [3.8, 4) is 5.75 Å². The summed E-state index contributed by atoms with van der Waals surface area (Å²) in [5.41, 5.74) is 4.17. The maximum Gasteiger partial charge on any atom is 0.134 e. The van der Waals surface area contributed by atoms with Crippen molar-refractivity contribution in [1.82, 2.24) is 0 Å². The summed E-state index contributed by atoms with van der Waals surface area (Å²) in [4.78, 5) is 4.70. The summed E-state index contributed by atoms with van der Waals surface area (Å²) in [5.74, 6) is 0.864. The molecule has 0 bridgehead atoms. The molecule has 22 heavy (non-hydrogen) atoms. The van der Waals surface area contributed by atoms with Crippen LogP contribution in [0.5, 0.6) is 5.75 Å². The molecule has 0 aromatic heterocycles. The van der Waals surface area contributed by atoms with Crippen LogP contribution in [0.2, 0.25) is 5.02 Å². The van der Waals surface area contributed by atoms with Gasteiger partial charge in [0.05, 0.1) is 10.7 Å². The highest BCUT2D eigenvalue weighted by atomic mass is 35.5. The first-order valence-electron chi connectivity index (χ1n) is 7.56. The summed E-state index contributed by atoms with van der Waals surface area (Å²) in [5, 5.41) is 10.0. The number of benzene rings is 2. The molecular weight excluding hydrogens is 294 g/mol. The number of aromatic hydroxyl groups is 1. The van der Waals surface area contributed by atoms with Crippen LogP contribution in [0.3, 0.4) is 0 Å².